The minimum absolute atomic E-state index is 0.00899. The maximum absolute atomic E-state index is 11.7. The van der Waals surface area contributed by atoms with E-state index in [1.807, 2.05) is 42.5 Å². The summed E-state index contributed by atoms with van der Waals surface area (Å²) in [5.41, 5.74) is 5.84. The summed E-state index contributed by atoms with van der Waals surface area (Å²) >= 11 is 0. The highest BCUT2D eigenvalue weighted by atomic mass is 16.5. The molecule has 0 atom stereocenters. The van der Waals surface area contributed by atoms with Crippen LogP contribution in [0.5, 0.6) is 17.2 Å². The first-order chi connectivity index (χ1) is 15.1. The number of pyridine rings is 1. The van der Waals surface area contributed by atoms with Gasteiger partial charge in [0.05, 0.1) is 27.8 Å². The SMILES string of the molecule is COc1cc(-c2cc3nccc(-c4ccc5c(c4)NC(=O)C5)c3o2)cc(OC)c1OC. The Balaban J connectivity index is 1.63. The number of fused-ring (bicyclic) bond motifs is 2. The summed E-state index contributed by atoms with van der Waals surface area (Å²) in [5, 5.41) is 2.90. The molecule has 0 radical (unpaired) electrons. The van der Waals surface area contributed by atoms with Gasteiger partial charge < -0.3 is 23.9 Å². The Morgan fingerprint density at radius 3 is 2.42 bits per heavy atom. The first-order valence-corrected chi connectivity index (χ1v) is 9.73. The number of hydrogen-bond donors (Lipinski definition) is 1. The van der Waals surface area contributed by atoms with Crippen molar-refractivity contribution in [3.05, 3.63) is 54.2 Å². The van der Waals surface area contributed by atoms with Gasteiger partial charge in [-0.15, -0.1) is 0 Å². The highest BCUT2D eigenvalue weighted by molar-refractivity contribution is 6.01. The molecular formula is C24H20N2O5. The van der Waals surface area contributed by atoms with Gasteiger partial charge in [-0.05, 0) is 35.4 Å². The lowest BCUT2D eigenvalue weighted by atomic mass is 10.0. The summed E-state index contributed by atoms with van der Waals surface area (Å²) in [4.78, 5) is 16.2. The van der Waals surface area contributed by atoms with Crippen LogP contribution in [0, 0.1) is 0 Å². The molecule has 7 heteroatoms. The summed E-state index contributed by atoms with van der Waals surface area (Å²) in [6, 6.07) is 13.4. The number of hydrogen-bond acceptors (Lipinski definition) is 6. The van der Waals surface area contributed by atoms with Crippen LogP contribution in [0.4, 0.5) is 5.69 Å². The van der Waals surface area contributed by atoms with Gasteiger partial charge in [-0.25, -0.2) is 0 Å². The van der Waals surface area contributed by atoms with E-state index in [1.165, 1.54) is 0 Å². The molecule has 0 spiro atoms. The van der Waals surface area contributed by atoms with Gasteiger partial charge in [0, 0.05) is 29.1 Å². The normalized spacial score (nSPS) is 12.5. The molecular weight excluding hydrogens is 396 g/mol. The number of rotatable bonds is 5. The van der Waals surface area contributed by atoms with E-state index in [4.69, 9.17) is 18.6 Å². The van der Waals surface area contributed by atoms with E-state index in [0.717, 1.165) is 33.5 Å². The molecule has 0 bridgehead atoms. The van der Waals surface area contributed by atoms with Crippen LogP contribution in [0.1, 0.15) is 5.56 Å². The number of carbonyl (C=O) groups is 1. The molecule has 2 aromatic heterocycles. The topological polar surface area (TPSA) is 82.8 Å². The molecule has 0 saturated carbocycles. The molecule has 1 N–H and O–H groups in total. The number of aromatic nitrogens is 1. The second-order valence-electron chi connectivity index (χ2n) is 7.19. The van der Waals surface area contributed by atoms with Gasteiger partial charge in [-0.2, -0.15) is 0 Å². The number of nitrogens with one attached hydrogen (secondary N) is 1. The summed E-state index contributed by atoms with van der Waals surface area (Å²) in [5.74, 6) is 2.24. The van der Waals surface area contributed by atoms with Crippen molar-refractivity contribution in [3.63, 3.8) is 0 Å². The van der Waals surface area contributed by atoms with Crippen molar-refractivity contribution in [2.45, 2.75) is 6.42 Å². The zero-order valence-electron chi connectivity index (χ0n) is 17.3. The van der Waals surface area contributed by atoms with Gasteiger partial charge in [-0.1, -0.05) is 12.1 Å². The molecule has 0 unspecified atom stereocenters. The predicted octanol–water partition coefficient (Wildman–Crippen LogP) is 4.68. The number of ether oxygens (including phenoxy) is 3. The van der Waals surface area contributed by atoms with Crippen LogP contribution < -0.4 is 19.5 Å². The second kappa shape index (κ2) is 7.36. The van der Waals surface area contributed by atoms with Crippen molar-refractivity contribution >= 4 is 22.7 Å². The highest BCUT2D eigenvalue weighted by Gasteiger charge is 2.20. The predicted molar refractivity (Wildman–Crippen MR) is 117 cm³/mol. The first kappa shape index (κ1) is 19.0. The van der Waals surface area contributed by atoms with Gasteiger partial charge in [0.2, 0.25) is 11.7 Å². The molecule has 7 nitrogen and oxygen atoms in total. The molecule has 0 saturated heterocycles. The Hall–Kier alpha value is -4.00. The van der Waals surface area contributed by atoms with Gasteiger partial charge >= 0.3 is 0 Å². The summed E-state index contributed by atoms with van der Waals surface area (Å²) in [6.07, 6.45) is 2.16. The van der Waals surface area contributed by atoms with Gasteiger partial charge in [0.1, 0.15) is 11.3 Å². The third-order valence-electron chi connectivity index (χ3n) is 5.41. The highest BCUT2D eigenvalue weighted by Crippen LogP contribution is 2.43. The van der Waals surface area contributed by atoms with Gasteiger partial charge in [0.25, 0.3) is 0 Å². The van der Waals surface area contributed by atoms with Crippen molar-refractivity contribution < 1.29 is 23.4 Å². The number of furan rings is 1. The average molecular weight is 416 g/mol. The monoisotopic (exact) mass is 416 g/mol. The largest absolute Gasteiger partial charge is 0.493 e. The molecule has 1 aliphatic heterocycles. The van der Waals surface area contributed by atoms with Crippen molar-refractivity contribution in [2.75, 3.05) is 26.6 Å². The molecule has 5 rings (SSSR count). The number of amides is 1. The Labute approximate surface area is 178 Å². The maximum Gasteiger partial charge on any atom is 0.228 e. The molecule has 4 aromatic rings. The van der Waals surface area contributed by atoms with Crippen LogP contribution in [-0.2, 0) is 11.2 Å². The Kier molecular flexibility index (Phi) is 4.51. The Bertz CT molecular complexity index is 1300. The molecule has 0 aliphatic carbocycles. The lowest BCUT2D eigenvalue weighted by Crippen LogP contribution is -2.03. The minimum atomic E-state index is 0.00899. The fourth-order valence-corrected chi connectivity index (χ4v) is 3.91. The number of benzene rings is 2. The summed E-state index contributed by atoms with van der Waals surface area (Å²) in [6.45, 7) is 0. The maximum atomic E-state index is 11.7. The zero-order chi connectivity index (χ0) is 21.5. The Morgan fingerprint density at radius 1 is 0.935 bits per heavy atom. The van der Waals surface area contributed by atoms with Crippen LogP contribution in [-0.4, -0.2) is 32.2 Å². The minimum Gasteiger partial charge on any atom is -0.493 e. The quantitative estimate of drug-likeness (QED) is 0.509. The van der Waals surface area contributed by atoms with E-state index in [9.17, 15) is 4.79 Å². The summed E-state index contributed by atoms with van der Waals surface area (Å²) in [7, 11) is 4.72. The molecule has 0 fully saturated rings. The van der Waals surface area contributed by atoms with Crippen molar-refractivity contribution in [2.24, 2.45) is 0 Å². The Morgan fingerprint density at radius 2 is 1.71 bits per heavy atom. The van der Waals surface area contributed by atoms with E-state index < -0.39 is 0 Å². The number of nitrogens with zero attached hydrogens (tertiary/aromatic N) is 1. The van der Waals surface area contributed by atoms with Crippen LogP contribution in [0.3, 0.4) is 0 Å². The molecule has 31 heavy (non-hydrogen) atoms. The third kappa shape index (κ3) is 3.15. The van der Waals surface area contributed by atoms with Crippen LogP contribution in [0.15, 0.2) is 53.1 Å². The number of anilines is 1. The number of carbonyl (C=O) groups excluding carboxylic acids is 1. The lowest BCUT2D eigenvalue weighted by Gasteiger charge is -2.13. The lowest BCUT2D eigenvalue weighted by molar-refractivity contribution is -0.115. The van der Waals surface area contributed by atoms with Crippen LogP contribution in [0.25, 0.3) is 33.6 Å². The fraction of sp³-hybridized carbons (Fsp3) is 0.167. The van der Waals surface area contributed by atoms with E-state index in [0.29, 0.717) is 35.0 Å². The van der Waals surface area contributed by atoms with Crippen LogP contribution >= 0.6 is 0 Å². The van der Waals surface area contributed by atoms with E-state index in [1.54, 1.807) is 27.5 Å². The first-order valence-electron chi connectivity index (χ1n) is 9.73. The average Bonchev–Trinajstić information content (AvgIpc) is 3.39. The molecule has 156 valence electrons. The van der Waals surface area contributed by atoms with E-state index in [2.05, 4.69) is 10.3 Å². The van der Waals surface area contributed by atoms with E-state index in [-0.39, 0.29) is 5.91 Å². The van der Waals surface area contributed by atoms with Crippen molar-refractivity contribution in [3.8, 4) is 39.7 Å². The smallest absolute Gasteiger partial charge is 0.228 e. The zero-order valence-corrected chi connectivity index (χ0v) is 17.3. The van der Waals surface area contributed by atoms with Crippen molar-refractivity contribution in [1.29, 1.82) is 0 Å². The van der Waals surface area contributed by atoms with Crippen molar-refractivity contribution in [1.82, 2.24) is 4.98 Å². The molecule has 3 heterocycles. The third-order valence-corrected chi connectivity index (χ3v) is 5.41. The second-order valence-corrected chi connectivity index (χ2v) is 7.19. The molecule has 1 aliphatic rings. The number of methoxy groups -OCH3 is 3. The summed E-state index contributed by atoms with van der Waals surface area (Å²) < 4.78 is 22.6. The fourth-order valence-electron chi connectivity index (χ4n) is 3.91. The molecule has 1 amide bonds. The standard InChI is InChI=1S/C24H20N2O5/c1-28-20-9-15(10-21(29-2)24(20)30-3)19-12-18-23(31-19)16(6-7-25-18)13-4-5-14-11-22(27)26-17(14)8-13/h4-10,12H,11H2,1-3H3,(H,26,27). The molecule has 2 aromatic carbocycles. The van der Waals surface area contributed by atoms with E-state index >= 15 is 0 Å². The van der Waals surface area contributed by atoms with Gasteiger partial charge in [0.15, 0.2) is 17.1 Å². The van der Waals surface area contributed by atoms with Gasteiger partial charge in [-0.3, -0.25) is 9.78 Å². The van der Waals surface area contributed by atoms with Crippen LogP contribution in [0.2, 0.25) is 0 Å².